The molecule has 0 radical (unpaired) electrons. The third-order valence-corrected chi connectivity index (χ3v) is 6.89. The van der Waals surface area contributed by atoms with Gasteiger partial charge in [0.1, 0.15) is 17.5 Å². The molecule has 2 aliphatic rings. The van der Waals surface area contributed by atoms with E-state index in [4.69, 9.17) is 0 Å². The molecule has 2 atom stereocenters. The number of rotatable bonds is 4. The van der Waals surface area contributed by atoms with E-state index in [2.05, 4.69) is 4.90 Å². The van der Waals surface area contributed by atoms with Gasteiger partial charge in [-0.2, -0.15) is 11.8 Å². The van der Waals surface area contributed by atoms with Crippen LogP contribution in [0.15, 0.2) is 42.5 Å². The van der Waals surface area contributed by atoms with Crippen molar-refractivity contribution in [2.24, 2.45) is 5.92 Å². The average molecular weight is 435 g/mol. The molecular weight excluding hydrogens is 409 g/mol. The number of hydrogen-bond donors (Lipinski definition) is 0. The summed E-state index contributed by atoms with van der Waals surface area (Å²) in [7, 11) is 0. The molecule has 2 saturated heterocycles. The van der Waals surface area contributed by atoms with Crippen molar-refractivity contribution < 1.29 is 18.0 Å². The normalized spacial score (nSPS) is 22.8. The highest BCUT2D eigenvalue weighted by molar-refractivity contribution is 7.99. The summed E-state index contributed by atoms with van der Waals surface area (Å²) in [6.45, 7) is 3.00. The average Bonchev–Trinajstić information content (AvgIpc) is 2.76. The SMILES string of the molecule is O=C(C1CC(c2ccc(F)cc2)CN(Cc2ccc(F)cc2F)C1)N1CCSCC1. The summed E-state index contributed by atoms with van der Waals surface area (Å²) < 4.78 is 40.9. The second-order valence-electron chi connectivity index (χ2n) is 8.05. The van der Waals surface area contributed by atoms with E-state index in [1.807, 2.05) is 16.7 Å². The van der Waals surface area contributed by atoms with E-state index in [-0.39, 0.29) is 23.6 Å². The Kier molecular flexibility index (Phi) is 6.68. The lowest BCUT2D eigenvalue weighted by atomic mass is 9.83. The summed E-state index contributed by atoms with van der Waals surface area (Å²) in [5.74, 6) is 0.431. The maximum Gasteiger partial charge on any atom is 0.227 e. The molecule has 2 heterocycles. The number of nitrogens with zero attached hydrogens (tertiary/aromatic N) is 2. The van der Waals surface area contributed by atoms with Gasteiger partial charge in [-0.05, 0) is 36.1 Å². The number of piperidine rings is 1. The standard InChI is InChI=1S/C23H25F3N2OS/c24-20-4-1-16(2-5-20)18-11-19(23(29)28-7-9-30-10-8-28)15-27(14-18)13-17-3-6-21(25)12-22(17)26/h1-6,12,18-19H,7-11,13-15H2. The zero-order chi connectivity index (χ0) is 21.1. The highest BCUT2D eigenvalue weighted by Gasteiger charge is 2.35. The van der Waals surface area contributed by atoms with Gasteiger partial charge in [0.2, 0.25) is 5.91 Å². The molecule has 1 amide bonds. The molecule has 0 spiro atoms. The molecule has 2 aromatic rings. The van der Waals surface area contributed by atoms with Gasteiger partial charge in [0, 0.05) is 55.9 Å². The van der Waals surface area contributed by atoms with Crippen LogP contribution in [0.4, 0.5) is 13.2 Å². The molecule has 0 saturated carbocycles. The number of carbonyl (C=O) groups excluding carboxylic acids is 1. The van der Waals surface area contributed by atoms with Crippen LogP contribution in [0.1, 0.15) is 23.5 Å². The van der Waals surface area contributed by atoms with Crippen molar-refractivity contribution >= 4 is 17.7 Å². The molecule has 2 unspecified atom stereocenters. The third-order valence-electron chi connectivity index (χ3n) is 5.95. The van der Waals surface area contributed by atoms with Crippen LogP contribution in [0.3, 0.4) is 0 Å². The smallest absolute Gasteiger partial charge is 0.227 e. The lowest BCUT2D eigenvalue weighted by Gasteiger charge is -2.40. The van der Waals surface area contributed by atoms with Crippen molar-refractivity contribution in [1.29, 1.82) is 0 Å². The molecule has 3 nitrogen and oxygen atoms in total. The van der Waals surface area contributed by atoms with Gasteiger partial charge in [-0.3, -0.25) is 9.69 Å². The van der Waals surface area contributed by atoms with Gasteiger partial charge in [-0.25, -0.2) is 13.2 Å². The summed E-state index contributed by atoms with van der Waals surface area (Å²) in [5, 5.41) is 0. The van der Waals surface area contributed by atoms with Crippen molar-refractivity contribution in [2.45, 2.75) is 18.9 Å². The van der Waals surface area contributed by atoms with E-state index in [1.54, 1.807) is 12.1 Å². The van der Waals surface area contributed by atoms with Crippen molar-refractivity contribution in [1.82, 2.24) is 9.80 Å². The first-order chi connectivity index (χ1) is 14.5. The number of amides is 1. The van der Waals surface area contributed by atoms with Gasteiger partial charge in [0.25, 0.3) is 0 Å². The maximum atomic E-state index is 14.2. The predicted octanol–water partition coefficient (Wildman–Crippen LogP) is 4.29. The summed E-state index contributed by atoms with van der Waals surface area (Å²) in [6, 6.07) is 10.0. The van der Waals surface area contributed by atoms with Gasteiger partial charge < -0.3 is 4.90 Å². The Bertz CT molecular complexity index is 887. The second kappa shape index (κ2) is 9.43. The Morgan fingerprint density at radius 2 is 1.67 bits per heavy atom. The molecule has 0 bridgehead atoms. The van der Waals surface area contributed by atoms with Crippen LogP contribution >= 0.6 is 11.8 Å². The van der Waals surface area contributed by atoms with Crippen LogP contribution in [0.2, 0.25) is 0 Å². The molecule has 0 aromatic heterocycles. The van der Waals surface area contributed by atoms with Crippen molar-refractivity contribution in [2.75, 3.05) is 37.7 Å². The molecule has 0 aliphatic carbocycles. The van der Waals surface area contributed by atoms with Crippen LogP contribution in [0.5, 0.6) is 0 Å². The topological polar surface area (TPSA) is 23.6 Å². The second-order valence-corrected chi connectivity index (χ2v) is 9.27. The van der Waals surface area contributed by atoms with E-state index in [0.717, 1.165) is 36.2 Å². The lowest BCUT2D eigenvalue weighted by Crippen LogP contribution is -2.48. The first-order valence-electron chi connectivity index (χ1n) is 10.3. The zero-order valence-corrected chi connectivity index (χ0v) is 17.5. The van der Waals surface area contributed by atoms with Crippen molar-refractivity contribution in [3.8, 4) is 0 Å². The summed E-state index contributed by atoms with van der Waals surface area (Å²) >= 11 is 1.85. The molecule has 2 aliphatic heterocycles. The van der Waals surface area contributed by atoms with Crippen LogP contribution in [0, 0.1) is 23.4 Å². The van der Waals surface area contributed by atoms with E-state index < -0.39 is 11.6 Å². The van der Waals surface area contributed by atoms with Gasteiger partial charge >= 0.3 is 0 Å². The van der Waals surface area contributed by atoms with E-state index in [0.29, 0.717) is 31.6 Å². The molecule has 2 aromatic carbocycles. The first-order valence-corrected chi connectivity index (χ1v) is 11.4. The molecule has 160 valence electrons. The quantitative estimate of drug-likeness (QED) is 0.718. The van der Waals surface area contributed by atoms with Crippen LogP contribution < -0.4 is 0 Å². The van der Waals surface area contributed by atoms with Gasteiger partial charge in [-0.15, -0.1) is 0 Å². The third kappa shape index (κ3) is 5.01. The van der Waals surface area contributed by atoms with Crippen LogP contribution in [-0.4, -0.2) is 53.4 Å². The monoisotopic (exact) mass is 434 g/mol. The number of likely N-dealkylation sites (tertiary alicyclic amines) is 1. The Morgan fingerprint density at radius 3 is 2.37 bits per heavy atom. The minimum Gasteiger partial charge on any atom is -0.341 e. The zero-order valence-electron chi connectivity index (χ0n) is 16.7. The van der Waals surface area contributed by atoms with Crippen LogP contribution in [-0.2, 0) is 11.3 Å². The minimum atomic E-state index is -0.602. The van der Waals surface area contributed by atoms with Gasteiger partial charge in [0.15, 0.2) is 0 Å². The highest BCUT2D eigenvalue weighted by Crippen LogP contribution is 2.33. The van der Waals surface area contributed by atoms with Crippen molar-refractivity contribution in [3.63, 3.8) is 0 Å². The fraction of sp³-hybridized carbons (Fsp3) is 0.435. The summed E-state index contributed by atoms with van der Waals surface area (Å²) in [5.41, 5.74) is 1.39. The largest absolute Gasteiger partial charge is 0.341 e. The Balaban J connectivity index is 1.55. The van der Waals surface area contributed by atoms with Crippen molar-refractivity contribution in [3.05, 3.63) is 71.0 Å². The number of benzene rings is 2. The maximum absolute atomic E-state index is 14.2. The number of thioether (sulfide) groups is 1. The van der Waals surface area contributed by atoms with Crippen LogP contribution in [0.25, 0.3) is 0 Å². The molecule has 0 N–H and O–H groups in total. The predicted molar refractivity (Wildman–Crippen MR) is 113 cm³/mol. The lowest BCUT2D eigenvalue weighted by molar-refractivity contribution is -0.137. The number of halogens is 3. The minimum absolute atomic E-state index is 0.0518. The van der Waals surface area contributed by atoms with E-state index in [1.165, 1.54) is 24.3 Å². The number of carbonyl (C=O) groups is 1. The first kappa shape index (κ1) is 21.2. The molecule has 2 fully saturated rings. The molecule has 7 heteroatoms. The summed E-state index contributed by atoms with van der Waals surface area (Å²) in [4.78, 5) is 17.2. The molecular formula is C23H25F3N2OS. The summed E-state index contributed by atoms with van der Waals surface area (Å²) in [6.07, 6.45) is 0.691. The Hall–Kier alpha value is -1.99. The Morgan fingerprint density at radius 1 is 0.967 bits per heavy atom. The van der Waals surface area contributed by atoms with E-state index >= 15 is 0 Å². The highest BCUT2D eigenvalue weighted by atomic mass is 32.2. The van der Waals surface area contributed by atoms with E-state index in [9.17, 15) is 18.0 Å². The molecule has 4 rings (SSSR count). The Labute approximate surface area is 179 Å². The fourth-order valence-corrected chi connectivity index (χ4v) is 5.31. The fourth-order valence-electron chi connectivity index (χ4n) is 4.41. The number of hydrogen-bond acceptors (Lipinski definition) is 3. The molecule has 30 heavy (non-hydrogen) atoms. The van der Waals surface area contributed by atoms with Gasteiger partial charge in [0.05, 0.1) is 5.92 Å². The van der Waals surface area contributed by atoms with Gasteiger partial charge in [-0.1, -0.05) is 18.2 Å².